The number of benzene rings is 2. The molecule has 2 aromatic carbocycles. The van der Waals surface area contributed by atoms with Crippen LogP contribution in [0.2, 0.25) is 0 Å². The fraction of sp³-hybridized carbons (Fsp3) is 0.488. The summed E-state index contributed by atoms with van der Waals surface area (Å²) in [5.41, 5.74) is -0.416. The number of rotatable bonds is 13. The first kappa shape index (κ1) is 39.1. The number of likely N-dealkylation sites (tertiary alicyclic amines) is 1. The van der Waals surface area contributed by atoms with Gasteiger partial charge in [-0.15, -0.1) is 6.58 Å². The third-order valence-corrected chi connectivity index (χ3v) is 14.5. The first-order chi connectivity index (χ1) is 26.5. The van der Waals surface area contributed by atoms with Crippen molar-refractivity contribution in [1.29, 1.82) is 0 Å². The largest absolute Gasteiger partial charge is 0.497 e. The summed E-state index contributed by atoms with van der Waals surface area (Å²) in [7, 11) is -1.19. The number of hydrogen-bond donors (Lipinski definition) is 3. The van der Waals surface area contributed by atoms with Gasteiger partial charge in [-0.3, -0.25) is 14.4 Å². The predicted molar refractivity (Wildman–Crippen MR) is 208 cm³/mol. The standard InChI is InChI=1S/C41H49N5O9S/c1-7-25-22-41(25,37(49)45(5)56(52,53)40(17-18-40)26-13-14-26)44-35(47)32-20-28(23-46(32)36(48)34(39(2,3)4)43-38(50)51)55-33-21-30(24-11-9-8-10-12-24)42-31-19-27(54-6)15-16-29(31)33/h7-12,15-16,19,21,25-26,28,32,34,43H,1,13-14,17-18,20,22-23H2,2-6H3,(H,44,47)(H,50,51). The lowest BCUT2D eigenvalue weighted by Gasteiger charge is -2.35. The lowest BCUT2D eigenvalue weighted by atomic mass is 9.85. The van der Waals surface area contributed by atoms with Crippen LogP contribution in [0, 0.1) is 17.3 Å². The van der Waals surface area contributed by atoms with Gasteiger partial charge in [0.05, 0.1) is 29.6 Å². The van der Waals surface area contributed by atoms with Crippen molar-refractivity contribution < 1.29 is 42.2 Å². The van der Waals surface area contributed by atoms with Gasteiger partial charge in [-0.25, -0.2) is 22.5 Å². The molecule has 298 valence electrons. The summed E-state index contributed by atoms with van der Waals surface area (Å²) in [4.78, 5) is 61.2. The molecule has 3 aromatic rings. The molecule has 1 aliphatic heterocycles. The highest BCUT2D eigenvalue weighted by molar-refractivity contribution is 7.91. The third-order valence-electron chi connectivity index (χ3n) is 11.8. The Hall–Kier alpha value is -5.18. The van der Waals surface area contributed by atoms with E-state index in [0.29, 0.717) is 40.9 Å². The Morgan fingerprint density at radius 2 is 1.79 bits per heavy atom. The molecule has 2 heterocycles. The molecule has 14 nitrogen and oxygen atoms in total. The van der Waals surface area contributed by atoms with E-state index in [-0.39, 0.29) is 25.3 Å². The number of sulfonamides is 1. The molecule has 4 aliphatic rings. The Balaban J connectivity index is 1.21. The number of pyridine rings is 1. The average molecular weight is 788 g/mol. The minimum atomic E-state index is -4.01. The number of amides is 4. The first-order valence-electron chi connectivity index (χ1n) is 18.9. The van der Waals surface area contributed by atoms with E-state index in [1.165, 1.54) is 18.0 Å². The zero-order chi connectivity index (χ0) is 40.4. The molecule has 0 bridgehead atoms. The summed E-state index contributed by atoms with van der Waals surface area (Å²) in [6.07, 6.45) is 2.09. The van der Waals surface area contributed by atoms with Gasteiger partial charge in [0.25, 0.3) is 5.91 Å². The SMILES string of the molecule is C=CC1CC1(NC(=O)C1CC(Oc2cc(-c3ccccc3)nc3cc(OC)ccc23)CN1C(=O)C(NC(=O)O)C(C)(C)C)C(=O)N(C)S(=O)(=O)C1(C2CC2)CC1. The zero-order valence-electron chi connectivity index (χ0n) is 32.3. The summed E-state index contributed by atoms with van der Waals surface area (Å²) in [5, 5.41) is 15.6. The minimum Gasteiger partial charge on any atom is -0.497 e. The van der Waals surface area contributed by atoms with Crippen molar-refractivity contribution in [3.8, 4) is 22.8 Å². The van der Waals surface area contributed by atoms with Gasteiger partial charge in [0.1, 0.15) is 35.2 Å². The molecule has 56 heavy (non-hydrogen) atoms. The maximum absolute atomic E-state index is 14.5. The molecule has 5 unspecified atom stereocenters. The molecule has 15 heteroatoms. The Morgan fingerprint density at radius 1 is 1.09 bits per heavy atom. The number of aromatic nitrogens is 1. The number of carboxylic acid groups (broad SMARTS) is 1. The first-order valence-corrected chi connectivity index (χ1v) is 20.4. The molecule has 3 aliphatic carbocycles. The molecule has 5 atom stereocenters. The van der Waals surface area contributed by atoms with Crippen LogP contribution in [-0.2, 0) is 24.4 Å². The number of ether oxygens (including phenoxy) is 2. The number of methoxy groups -OCH3 is 1. The van der Waals surface area contributed by atoms with E-state index in [1.807, 2.05) is 36.4 Å². The van der Waals surface area contributed by atoms with E-state index in [1.54, 1.807) is 46.1 Å². The molecular formula is C41H49N5O9S. The topological polar surface area (TPSA) is 185 Å². The highest BCUT2D eigenvalue weighted by atomic mass is 32.2. The maximum atomic E-state index is 14.5. The second-order valence-electron chi connectivity index (χ2n) is 16.6. The molecule has 7 rings (SSSR count). The van der Waals surface area contributed by atoms with Crippen LogP contribution in [0.25, 0.3) is 22.2 Å². The summed E-state index contributed by atoms with van der Waals surface area (Å²) < 4.78 is 39.7. The fourth-order valence-corrected chi connectivity index (χ4v) is 10.4. The van der Waals surface area contributed by atoms with E-state index in [2.05, 4.69) is 17.2 Å². The summed E-state index contributed by atoms with van der Waals surface area (Å²) in [5.74, 6) is -1.56. The van der Waals surface area contributed by atoms with E-state index >= 15 is 0 Å². The van der Waals surface area contributed by atoms with Crippen LogP contribution in [0.5, 0.6) is 11.5 Å². The molecule has 4 fully saturated rings. The zero-order valence-corrected chi connectivity index (χ0v) is 33.1. The summed E-state index contributed by atoms with van der Waals surface area (Å²) in [6.45, 7) is 8.89. The van der Waals surface area contributed by atoms with Crippen LogP contribution in [0.15, 0.2) is 67.3 Å². The molecule has 3 saturated carbocycles. The number of carbonyl (C=O) groups is 4. The van der Waals surface area contributed by atoms with Gasteiger partial charge >= 0.3 is 6.09 Å². The lowest BCUT2D eigenvalue weighted by molar-refractivity contribution is -0.143. The van der Waals surface area contributed by atoms with E-state index < -0.39 is 73.6 Å². The van der Waals surface area contributed by atoms with Crippen LogP contribution in [-0.4, -0.2) is 101 Å². The Morgan fingerprint density at radius 3 is 2.36 bits per heavy atom. The van der Waals surface area contributed by atoms with Gasteiger partial charge in [0, 0.05) is 42.5 Å². The van der Waals surface area contributed by atoms with E-state index in [0.717, 1.165) is 22.7 Å². The number of nitrogens with one attached hydrogen (secondary N) is 2. The van der Waals surface area contributed by atoms with Crippen LogP contribution >= 0.6 is 0 Å². The Bertz CT molecular complexity index is 2200. The third kappa shape index (κ3) is 6.94. The number of fused-ring (bicyclic) bond motifs is 1. The number of likely N-dealkylation sites (N-methyl/N-ethyl adjacent to an activating group) is 1. The number of hydrogen-bond acceptors (Lipinski definition) is 9. The van der Waals surface area contributed by atoms with Crippen molar-refractivity contribution in [2.24, 2.45) is 17.3 Å². The van der Waals surface area contributed by atoms with Crippen molar-refractivity contribution in [3.63, 3.8) is 0 Å². The van der Waals surface area contributed by atoms with Crippen LogP contribution < -0.4 is 20.1 Å². The van der Waals surface area contributed by atoms with Crippen LogP contribution in [0.3, 0.4) is 0 Å². The lowest BCUT2D eigenvalue weighted by Crippen LogP contribution is -2.60. The van der Waals surface area contributed by atoms with Crippen molar-refractivity contribution in [1.82, 2.24) is 24.8 Å². The fourth-order valence-electron chi connectivity index (χ4n) is 8.24. The van der Waals surface area contributed by atoms with E-state index in [9.17, 15) is 32.7 Å². The monoisotopic (exact) mass is 787 g/mol. The van der Waals surface area contributed by atoms with Gasteiger partial charge in [-0.2, -0.15) is 0 Å². The van der Waals surface area contributed by atoms with Crippen molar-refractivity contribution in [2.75, 3.05) is 20.7 Å². The molecule has 4 amide bonds. The minimum absolute atomic E-state index is 0.00982. The summed E-state index contributed by atoms with van der Waals surface area (Å²) >= 11 is 0. The Kier molecular flexibility index (Phi) is 9.83. The molecular weight excluding hydrogens is 739 g/mol. The highest BCUT2D eigenvalue weighted by Crippen LogP contribution is 2.60. The molecule has 1 saturated heterocycles. The molecule has 0 spiro atoms. The number of carbonyl (C=O) groups excluding carboxylic acids is 3. The van der Waals surface area contributed by atoms with Crippen LogP contribution in [0.1, 0.15) is 59.3 Å². The van der Waals surface area contributed by atoms with Gasteiger partial charge in [0.2, 0.25) is 21.8 Å². The average Bonchev–Trinajstić information content (AvgIpc) is 4.07. The second-order valence-corrected chi connectivity index (χ2v) is 18.9. The smallest absolute Gasteiger partial charge is 0.405 e. The van der Waals surface area contributed by atoms with Crippen molar-refractivity contribution in [3.05, 3.63) is 67.3 Å². The predicted octanol–water partition coefficient (Wildman–Crippen LogP) is 4.73. The normalized spacial score (nSPS) is 24.4. The number of nitrogens with zero attached hydrogens (tertiary/aromatic N) is 3. The van der Waals surface area contributed by atoms with Crippen molar-refractivity contribution >= 4 is 44.7 Å². The summed E-state index contributed by atoms with van der Waals surface area (Å²) in [6, 6.07) is 14.3. The van der Waals surface area contributed by atoms with Gasteiger partial charge < -0.3 is 30.1 Å². The molecule has 3 N–H and O–H groups in total. The molecule has 0 radical (unpaired) electrons. The van der Waals surface area contributed by atoms with Crippen molar-refractivity contribution in [2.45, 2.75) is 87.8 Å². The molecule has 1 aromatic heterocycles. The highest BCUT2D eigenvalue weighted by Gasteiger charge is 2.68. The second kappa shape index (κ2) is 14.1. The van der Waals surface area contributed by atoms with Gasteiger partial charge in [-0.1, -0.05) is 57.2 Å². The Labute approximate surface area is 326 Å². The maximum Gasteiger partial charge on any atom is 0.405 e. The van der Waals surface area contributed by atoms with Crippen LogP contribution in [0.4, 0.5) is 4.79 Å². The quantitative estimate of drug-likeness (QED) is 0.205. The van der Waals surface area contributed by atoms with E-state index in [4.69, 9.17) is 14.5 Å². The van der Waals surface area contributed by atoms with Gasteiger partial charge in [0.15, 0.2) is 0 Å². The van der Waals surface area contributed by atoms with Gasteiger partial charge in [-0.05, 0) is 55.6 Å².